The summed E-state index contributed by atoms with van der Waals surface area (Å²) < 4.78 is 29.6. The van der Waals surface area contributed by atoms with Gasteiger partial charge < -0.3 is 14.2 Å². The van der Waals surface area contributed by atoms with Crippen LogP contribution in [0, 0.1) is 5.82 Å². The fourth-order valence-electron chi connectivity index (χ4n) is 1.96. The molecule has 0 amide bonds. The lowest BCUT2D eigenvalue weighted by Gasteiger charge is -2.07. The van der Waals surface area contributed by atoms with Crippen molar-refractivity contribution >= 4 is 28.0 Å². The van der Waals surface area contributed by atoms with Crippen molar-refractivity contribution < 1.29 is 23.4 Å². The molecule has 0 spiro atoms. The van der Waals surface area contributed by atoms with E-state index in [-0.39, 0.29) is 6.61 Å². The van der Waals surface area contributed by atoms with Crippen LogP contribution in [0.15, 0.2) is 46.9 Å². The minimum atomic E-state index is -0.563. The quantitative estimate of drug-likeness (QED) is 0.539. The molecule has 2 rings (SSSR count). The second-order valence-electron chi connectivity index (χ2n) is 4.79. The highest BCUT2D eigenvalue weighted by molar-refractivity contribution is 9.10. The van der Waals surface area contributed by atoms with Crippen LogP contribution in [0.4, 0.5) is 4.39 Å². The van der Waals surface area contributed by atoms with E-state index in [0.717, 1.165) is 5.56 Å². The van der Waals surface area contributed by atoms with Crippen LogP contribution in [0.3, 0.4) is 0 Å². The molecule has 0 radical (unpaired) electrons. The Balaban J connectivity index is 1.97. The topological polar surface area (TPSA) is 44.8 Å². The number of benzene rings is 2. The molecule has 0 heterocycles. The van der Waals surface area contributed by atoms with Gasteiger partial charge in [-0.15, -0.1) is 0 Å². The Morgan fingerprint density at radius 3 is 2.54 bits per heavy atom. The molecule has 0 unspecified atom stereocenters. The summed E-state index contributed by atoms with van der Waals surface area (Å²) in [5.41, 5.74) is 1.06. The highest BCUT2D eigenvalue weighted by Gasteiger charge is 2.06. The van der Waals surface area contributed by atoms with E-state index in [1.165, 1.54) is 19.3 Å². The summed E-state index contributed by atoms with van der Waals surface area (Å²) in [6.45, 7) is -0.131. The van der Waals surface area contributed by atoms with E-state index in [1.807, 2.05) is 0 Å². The molecule has 0 aliphatic carbocycles. The number of hydrogen-bond acceptors (Lipinski definition) is 4. The van der Waals surface area contributed by atoms with Crippen LogP contribution in [-0.2, 0) is 16.1 Å². The van der Waals surface area contributed by atoms with E-state index in [1.54, 1.807) is 43.5 Å². The van der Waals surface area contributed by atoms with Gasteiger partial charge in [0.25, 0.3) is 0 Å². The zero-order valence-corrected chi connectivity index (χ0v) is 14.8. The number of esters is 1. The summed E-state index contributed by atoms with van der Waals surface area (Å²) in [6, 6.07) is 9.82. The lowest BCUT2D eigenvalue weighted by atomic mass is 10.2. The first-order valence-electron chi connectivity index (χ1n) is 7.04. The molecule has 126 valence electrons. The number of carbonyl (C=O) groups excluding carboxylic acids is 1. The van der Waals surface area contributed by atoms with E-state index in [0.29, 0.717) is 21.5 Å². The smallest absolute Gasteiger partial charge is 0.331 e. The zero-order valence-electron chi connectivity index (χ0n) is 13.2. The predicted molar refractivity (Wildman–Crippen MR) is 92.5 cm³/mol. The van der Waals surface area contributed by atoms with Gasteiger partial charge >= 0.3 is 5.97 Å². The van der Waals surface area contributed by atoms with E-state index in [9.17, 15) is 9.18 Å². The molecule has 2 aromatic carbocycles. The Hall–Kier alpha value is -2.34. The van der Waals surface area contributed by atoms with Gasteiger partial charge in [0.05, 0.1) is 14.2 Å². The summed E-state index contributed by atoms with van der Waals surface area (Å²) in [4.78, 5) is 11.7. The SMILES string of the molecule is COc1ccc(/C=C/C(=O)OCc2ccc(Br)cc2F)cc1OC. The average Bonchev–Trinajstić information content (AvgIpc) is 2.58. The number of methoxy groups -OCH3 is 2. The van der Waals surface area contributed by atoms with Gasteiger partial charge in [-0.3, -0.25) is 0 Å². The molecular formula is C18H16BrFO4. The molecule has 0 aromatic heterocycles. The van der Waals surface area contributed by atoms with E-state index in [4.69, 9.17) is 14.2 Å². The molecule has 0 N–H and O–H groups in total. The Bertz CT molecular complexity index is 759. The van der Waals surface area contributed by atoms with Gasteiger partial charge in [0, 0.05) is 16.1 Å². The molecule has 0 saturated heterocycles. The van der Waals surface area contributed by atoms with E-state index in [2.05, 4.69) is 15.9 Å². The Labute approximate surface area is 148 Å². The van der Waals surface area contributed by atoms with Crippen LogP contribution in [0.25, 0.3) is 6.08 Å². The first-order chi connectivity index (χ1) is 11.5. The molecule has 0 fully saturated rings. The summed E-state index contributed by atoms with van der Waals surface area (Å²) >= 11 is 3.17. The maximum atomic E-state index is 13.6. The van der Waals surface area contributed by atoms with E-state index >= 15 is 0 Å². The van der Waals surface area contributed by atoms with Gasteiger partial charge in [-0.25, -0.2) is 9.18 Å². The largest absolute Gasteiger partial charge is 0.493 e. The van der Waals surface area contributed by atoms with Crippen LogP contribution >= 0.6 is 15.9 Å². The minimum absolute atomic E-state index is 0.131. The average molecular weight is 395 g/mol. The van der Waals surface area contributed by atoms with Crippen molar-refractivity contribution in [1.82, 2.24) is 0 Å². The molecule has 24 heavy (non-hydrogen) atoms. The number of ether oxygens (including phenoxy) is 3. The predicted octanol–water partition coefficient (Wildman–Crippen LogP) is 4.36. The first kappa shape index (κ1) is 18.0. The number of carbonyl (C=O) groups is 1. The molecule has 0 aliphatic rings. The second-order valence-corrected chi connectivity index (χ2v) is 5.71. The van der Waals surface area contributed by atoms with Crippen LogP contribution in [-0.4, -0.2) is 20.2 Å². The fraction of sp³-hybridized carbons (Fsp3) is 0.167. The standard InChI is InChI=1S/C18H16BrFO4/c1-22-16-7-3-12(9-17(16)23-2)4-8-18(21)24-11-13-5-6-14(19)10-15(13)20/h3-10H,11H2,1-2H3/b8-4+. The Kier molecular flexibility index (Phi) is 6.37. The molecule has 0 aliphatic heterocycles. The first-order valence-corrected chi connectivity index (χ1v) is 7.83. The number of rotatable bonds is 6. The molecule has 0 atom stereocenters. The van der Waals surface area contributed by atoms with Crippen LogP contribution in [0.2, 0.25) is 0 Å². The van der Waals surface area contributed by atoms with Gasteiger partial charge in [0.1, 0.15) is 12.4 Å². The molecular weight excluding hydrogens is 379 g/mol. The van der Waals surface area contributed by atoms with Crippen molar-refractivity contribution in [1.29, 1.82) is 0 Å². The van der Waals surface area contributed by atoms with Gasteiger partial charge in [0.2, 0.25) is 0 Å². The van der Waals surface area contributed by atoms with E-state index < -0.39 is 11.8 Å². The van der Waals surface area contributed by atoms with Gasteiger partial charge in [0.15, 0.2) is 11.5 Å². The van der Waals surface area contributed by atoms with Crippen LogP contribution in [0.5, 0.6) is 11.5 Å². The third kappa shape index (κ3) is 4.83. The Morgan fingerprint density at radius 1 is 1.12 bits per heavy atom. The fourth-order valence-corrected chi connectivity index (χ4v) is 2.29. The molecule has 0 saturated carbocycles. The van der Waals surface area contributed by atoms with Crippen molar-refractivity contribution in [2.24, 2.45) is 0 Å². The van der Waals surface area contributed by atoms with Crippen molar-refractivity contribution in [3.05, 3.63) is 63.9 Å². The Morgan fingerprint density at radius 2 is 1.88 bits per heavy atom. The third-order valence-electron chi connectivity index (χ3n) is 3.20. The van der Waals surface area contributed by atoms with Gasteiger partial charge in [-0.2, -0.15) is 0 Å². The summed E-state index contributed by atoms with van der Waals surface area (Å²) in [7, 11) is 3.08. The maximum Gasteiger partial charge on any atom is 0.331 e. The lowest BCUT2D eigenvalue weighted by Crippen LogP contribution is -2.02. The highest BCUT2D eigenvalue weighted by Crippen LogP contribution is 2.28. The third-order valence-corrected chi connectivity index (χ3v) is 3.70. The summed E-state index contributed by atoms with van der Waals surface area (Å²) in [6.07, 6.45) is 2.86. The molecule has 6 heteroatoms. The minimum Gasteiger partial charge on any atom is -0.493 e. The van der Waals surface area contributed by atoms with Crippen molar-refractivity contribution in [2.75, 3.05) is 14.2 Å². The zero-order chi connectivity index (χ0) is 17.5. The lowest BCUT2D eigenvalue weighted by molar-refractivity contribution is -0.138. The normalized spacial score (nSPS) is 10.7. The second kappa shape index (κ2) is 8.49. The summed E-state index contributed by atoms with van der Waals surface area (Å²) in [5, 5.41) is 0. The monoisotopic (exact) mass is 394 g/mol. The molecule has 2 aromatic rings. The number of halogens is 2. The maximum absolute atomic E-state index is 13.6. The van der Waals surface area contributed by atoms with Crippen LogP contribution in [0.1, 0.15) is 11.1 Å². The van der Waals surface area contributed by atoms with Crippen molar-refractivity contribution in [3.8, 4) is 11.5 Å². The number of hydrogen-bond donors (Lipinski definition) is 0. The van der Waals surface area contributed by atoms with Crippen LogP contribution < -0.4 is 9.47 Å². The summed E-state index contributed by atoms with van der Waals surface area (Å²) in [5.74, 6) is 0.168. The van der Waals surface area contributed by atoms with Gasteiger partial charge in [-0.05, 0) is 35.9 Å². The molecule has 0 bridgehead atoms. The van der Waals surface area contributed by atoms with Gasteiger partial charge in [-0.1, -0.05) is 28.1 Å². The van der Waals surface area contributed by atoms with Crippen molar-refractivity contribution in [2.45, 2.75) is 6.61 Å². The van der Waals surface area contributed by atoms with Crippen molar-refractivity contribution in [3.63, 3.8) is 0 Å². The highest BCUT2D eigenvalue weighted by atomic mass is 79.9. The molecule has 4 nitrogen and oxygen atoms in total.